The summed E-state index contributed by atoms with van der Waals surface area (Å²) < 4.78 is 11.7. The van der Waals surface area contributed by atoms with E-state index < -0.39 is 0 Å². The third-order valence-electron chi connectivity index (χ3n) is 6.32. The lowest BCUT2D eigenvalue weighted by Gasteiger charge is -2.44. The molecule has 5 rings (SSSR count). The number of nitrogens with zero attached hydrogens (tertiary/aromatic N) is 2. The Morgan fingerprint density at radius 2 is 2.00 bits per heavy atom. The molecule has 2 aromatic rings. The van der Waals surface area contributed by atoms with Gasteiger partial charge in [-0.2, -0.15) is 0 Å². The Labute approximate surface area is 164 Å². The Balaban J connectivity index is 1.53. The number of rotatable bonds is 4. The van der Waals surface area contributed by atoms with Crippen LogP contribution < -0.4 is 5.32 Å². The number of methoxy groups -OCH3 is 1. The summed E-state index contributed by atoms with van der Waals surface area (Å²) in [6.45, 7) is 2.12. The third kappa shape index (κ3) is 2.58. The molecular formula is C22H23N3O3. The highest BCUT2D eigenvalue weighted by atomic mass is 16.5. The number of benzene rings is 1. The van der Waals surface area contributed by atoms with Crippen LogP contribution in [-0.2, 0) is 9.47 Å². The summed E-state index contributed by atoms with van der Waals surface area (Å²) in [6, 6.07) is 5.52. The number of terminal acetylenes is 1. The maximum Gasteiger partial charge on any atom is 0.155 e. The van der Waals surface area contributed by atoms with E-state index in [1.54, 1.807) is 13.2 Å². The van der Waals surface area contributed by atoms with Gasteiger partial charge in [0.1, 0.15) is 11.4 Å². The second-order valence-electron chi connectivity index (χ2n) is 8.20. The maximum absolute atomic E-state index is 10.5. The summed E-state index contributed by atoms with van der Waals surface area (Å²) in [5, 5.41) is 23.0. The molecule has 1 aromatic carbocycles. The van der Waals surface area contributed by atoms with Gasteiger partial charge in [-0.05, 0) is 50.8 Å². The average Bonchev–Trinajstić information content (AvgIpc) is 3.29. The molecule has 0 radical (unpaired) electrons. The monoisotopic (exact) mass is 377 g/mol. The fourth-order valence-corrected chi connectivity index (χ4v) is 4.75. The molecule has 2 aliphatic heterocycles. The molecule has 0 amide bonds. The lowest BCUT2D eigenvalue weighted by molar-refractivity contribution is -0.0626. The second-order valence-corrected chi connectivity index (χ2v) is 8.20. The highest BCUT2D eigenvalue weighted by molar-refractivity contribution is 5.75. The number of hydrogen-bond donors (Lipinski definition) is 2. The average molecular weight is 377 g/mol. The molecule has 0 spiro atoms. The van der Waals surface area contributed by atoms with Gasteiger partial charge in [-0.1, -0.05) is 5.92 Å². The van der Waals surface area contributed by atoms with Gasteiger partial charge >= 0.3 is 0 Å². The molecule has 2 fully saturated rings. The van der Waals surface area contributed by atoms with Gasteiger partial charge in [-0.3, -0.25) is 0 Å². The Kier molecular flexibility index (Phi) is 3.87. The Morgan fingerprint density at radius 3 is 2.68 bits per heavy atom. The highest BCUT2D eigenvalue weighted by Crippen LogP contribution is 2.55. The van der Waals surface area contributed by atoms with Crippen molar-refractivity contribution < 1.29 is 14.6 Å². The molecule has 144 valence electrons. The van der Waals surface area contributed by atoms with E-state index in [0.29, 0.717) is 22.9 Å². The molecule has 1 aromatic heterocycles. The molecule has 2 unspecified atom stereocenters. The molecule has 1 aliphatic carbocycles. The van der Waals surface area contributed by atoms with Crippen LogP contribution in [-0.4, -0.2) is 34.1 Å². The molecule has 1 saturated heterocycles. The van der Waals surface area contributed by atoms with Crippen molar-refractivity contribution in [2.24, 2.45) is 0 Å². The van der Waals surface area contributed by atoms with Gasteiger partial charge in [0.15, 0.2) is 5.82 Å². The fourth-order valence-electron chi connectivity index (χ4n) is 4.75. The highest BCUT2D eigenvalue weighted by Gasteiger charge is 2.45. The molecule has 28 heavy (non-hydrogen) atoms. The van der Waals surface area contributed by atoms with E-state index in [0.717, 1.165) is 42.6 Å². The van der Waals surface area contributed by atoms with E-state index in [9.17, 15) is 5.11 Å². The van der Waals surface area contributed by atoms with Gasteiger partial charge < -0.3 is 19.9 Å². The number of aromatic hydroxyl groups is 1. The van der Waals surface area contributed by atoms with E-state index in [1.165, 1.54) is 0 Å². The van der Waals surface area contributed by atoms with Crippen molar-refractivity contribution in [1.82, 2.24) is 10.2 Å². The maximum atomic E-state index is 10.5. The number of nitrogens with one attached hydrogen (secondary N) is 1. The van der Waals surface area contributed by atoms with Crippen LogP contribution in [0.25, 0.3) is 11.3 Å². The second kappa shape index (κ2) is 6.20. The molecule has 2 atom stereocenters. The van der Waals surface area contributed by atoms with Crippen LogP contribution in [0.2, 0.25) is 0 Å². The van der Waals surface area contributed by atoms with Crippen LogP contribution in [0.5, 0.6) is 5.75 Å². The number of anilines is 1. The van der Waals surface area contributed by atoms with E-state index >= 15 is 0 Å². The summed E-state index contributed by atoms with van der Waals surface area (Å²) in [5.74, 6) is 3.46. The minimum absolute atomic E-state index is 0.00314. The minimum atomic E-state index is -0.0612. The van der Waals surface area contributed by atoms with Gasteiger partial charge in [0, 0.05) is 35.4 Å². The minimum Gasteiger partial charge on any atom is -0.507 e. The molecular weight excluding hydrogens is 354 g/mol. The third-order valence-corrected chi connectivity index (χ3v) is 6.32. The van der Waals surface area contributed by atoms with Crippen molar-refractivity contribution >= 4 is 5.82 Å². The van der Waals surface area contributed by atoms with Gasteiger partial charge in [-0.25, -0.2) is 0 Å². The predicted molar refractivity (Wildman–Crippen MR) is 105 cm³/mol. The van der Waals surface area contributed by atoms with Crippen molar-refractivity contribution in [3.8, 4) is 29.4 Å². The smallest absolute Gasteiger partial charge is 0.155 e. The van der Waals surface area contributed by atoms with Gasteiger partial charge in [0.2, 0.25) is 0 Å². The number of phenols is 1. The largest absolute Gasteiger partial charge is 0.507 e. The van der Waals surface area contributed by atoms with Crippen LogP contribution in [0.3, 0.4) is 0 Å². The molecule has 6 nitrogen and oxygen atoms in total. The summed E-state index contributed by atoms with van der Waals surface area (Å²) in [5.41, 5.74) is 4.03. The zero-order valence-corrected chi connectivity index (χ0v) is 16.0. The topological polar surface area (TPSA) is 76.5 Å². The first kappa shape index (κ1) is 17.5. The number of hydrogen-bond acceptors (Lipinski definition) is 6. The molecule has 2 N–H and O–H groups in total. The van der Waals surface area contributed by atoms with Crippen LogP contribution in [0.4, 0.5) is 5.82 Å². The Morgan fingerprint density at radius 1 is 1.25 bits per heavy atom. The lowest BCUT2D eigenvalue weighted by Crippen LogP contribution is -2.50. The number of fused-ring (bicyclic) bond motifs is 5. The first-order chi connectivity index (χ1) is 13.5. The summed E-state index contributed by atoms with van der Waals surface area (Å²) >= 11 is 0. The normalized spacial score (nSPS) is 29.8. The molecule has 3 aliphatic rings. The first-order valence-electron chi connectivity index (χ1n) is 9.69. The van der Waals surface area contributed by atoms with Crippen molar-refractivity contribution in [1.29, 1.82) is 0 Å². The Bertz CT molecular complexity index is 991. The molecule has 1 saturated carbocycles. The fraction of sp³-hybridized carbons (Fsp3) is 0.455. The molecule has 2 bridgehead atoms. The van der Waals surface area contributed by atoms with E-state index in [-0.39, 0.29) is 23.6 Å². The van der Waals surface area contributed by atoms with Crippen LogP contribution in [0.15, 0.2) is 18.2 Å². The van der Waals surface area contributed by atoms with E-state index in [1.807, 2.05) is 12.1 Å². The van der Waals surface area contributed by atoms with Crippen LogP contribution in [0.1, 0.15) is 61.5 Å². The zero-order valence-electron chi connectivity index (χ0n) is 16.0. The summed E-state index contributed by atoms with van der Waals surface area (Å²) in [6.07, 6.45) is 9.30. The van der Waals surface area contributed by atoms with Gasteiger partial charge in [-0.15, -0.1) is 16.6 Å². The molecule has 3 heterocycles. The standard InChI is InChI=1S/C22H23N3O3/c1-4-12-5-6-14(15(26)9-12)20-18-16-7-8-17(28-16)19(18)21(25-24-20)23-13-10-22(2,11-13)27-3/h1,5-6,9,13,16-17,26H,7-8,10-11H2,2-3H3,(H,23,25). The quantitative estimate of drug-likeness (QED) is 0.791. The first-order valence-corrected chi connectivity index (χ1v) is 9.69. The zero-order chi connectivity index (χ0) is 19.5. The van der Waals surface area contributed by atoms with E-state index in [4.69, 9.17) is 15.9 Å². The summed E-state index contributed by atoms with van der Waals surface area (Å²) in [7, 11) is 1.76. The van der Waals surface area contributed by atoms with Crippen LogP contribution >= 0.6 is 0 Å². The summed E-state index contributed by atoms with van der Waals surface area (Å²) in [4.78, 5) is 0. The SMILES string of the molecule is C#Cc1ccc(-c2nnc(NC3CC(C)(OC)C3)c3c2C2CCC3O2)c(O)c1. The number of aromatic nitrogens is 2. The Hall–Kier alpha value is -2.62. The van der Waals surface area contributed by atoms with E-state index in [2.05, 4.69) is 28.4 Å². The number of ether oxygens (including phenoxy) is 2. The van der Waals surface area contributed by atoms with Crippen molar-refractivity contribution in [3.63, 3.8) is 0 Å². The molecule has 6 heteroatoms. The van der Waals surface area contributed by atoms with Crippen molar-refractivity contribution in [3.05, 3.63) is 34.9 Å². The van der Waals surface area contributed by atoms with Crippen molar-refractivity contribution in [2.45, 2.75) is 56.5 Å². The lowest BCUT2D eigenvalue weighted by atomic mass is 9.77. The van der Waals surface area contributed by atoms with Gasteiger partial charge in [0.05, 0.1) is 17.8 Å². The number of phenolic OH excluding ortho intramolecular Hbond substituents is 1. The predicted octanol–water partition coefficient (Wildman–Crippen LogP) is 3.72. The van der Waals surface area contributed by atoms with Gasteiger partial charge in [0.25, 0.3) is 0 Å². The van der Waals surface area contributed by atoms with Crippen molar-refractivity contribution in [2.75, 3.05) is 12.4 Å². The van der Waals surface area contributed by atoms with Crippen LogP contribution in [0, 0.1) is 12.3 Å².